The second-order valence-electron chi connectivity index (χ2n) is 8.44. The molecule has 7 nitrogen and oxygen atoms in total. The van der Waals surface area contributed by atoms with Crippen molar-refractivity contribution < 1.29 is 4.79 Å². The Labute approximate surface area is 185 Å². The Morgan fingerprint density at radius 1 is 1.16 bits per heavy atom. The minimum Gasteiger partial charge on any atom is -0.359 e. The summed E-state index contributed by atoms with van der Waals surface area (Å²) in [4.78, 5) is 27.5. The van der Waals surface area contributed by atoms with Crippen LogP contribution in [0, 0.1) is 0 Å². The van der Waals surface area contributed by atoms with E-state index in [9.17, 15) is 4.79 Å². The Bertz CT molecular complexity index is 1240. The summed E-state index contributed by atoms with van der Waals surface area (Å²) >= 11 is 1.72. The number of carbonyl (C=O) groups is 1. The molecule has 1 fully saturated rings. The van der Waals surface area contributed by atoms with E-state index in [0.29, 0.717) is 18.2 Å². The second-order valence-corrected chi connectivity index (χ2v) is 9.47. The number of rotatable bonds is 5. The number of pyridine rings is 1. The molecule has 0 aliphatic heterocycles. The first-order valence-corrected chi connectivity index (χ1v) is 11.6. The second kappa shape index (κ2) is 8.26. The monoisotopic (exact) mass is 434 g/mol. The topological polar surface area (TPSA) is 75.9 Å². The fourth-order valence-electron chi connectivity index (χ4n) is 4.19. The van der Waals surface area contributed by atoms with Gasteiger partial charge in [0.2, 0.25) is 0 Å². The van der Waals surface area contributed by atoms with Crippen LogP contribution in [0.1, 0.15) is 48.0 Å². The van der Waals surface area contributed by atoms with Crippen molar-refractivity contribution in [2.24, 2.45) is 0 Å². The van der Waals surface area contributed by atoms with Crippen molar-refractivity contribution >= 4 is 43.8 Å². The predicted octanol–water partition coefficient (Wildman–Crippen LogP) is 4.54. The highest BCUT2D eigenvalue weighted by Gasteiger charge is 2.16. The number of aromatic nitrogens is 4. The molecule has 5 rings (SSSR count). The van der Waals surface area contributed by atoms with Crippen LogP contribution in [0.25, 0.3) is 21.4 Å². The van der Waals surface area contributed by atoms with E-state index < -0.39 is 0 Å². The maximum absolute atomic E-state index is 12.2. The first-order chi connectivity index (χ1) is 15.1. The van der Waals surface area contributed by atoms with Crippen LogP contribution in [0.3, 0.4) is 0 Å². The van der Waals surface area contributed by atoms with Crippen LogP contribution in [0.4, 0.5) is 5.13 Å². The van der Waals surface area contributed by atoms with E-state index in [-0.39, 0.29) is 5.91 Å². The quantitative estimate of drug-likeness (QED) is 0.499. The Balaban J connectivity index is 1.36. The van der Waals surface area contributed by atoms with Gasteiger partial charge in [0, 0.05) is 26.3 Å². The maximum atomic E-state index is 12.2. The number of amides is 1. The summed E-state index contributed by atoms with van der Waals surface area (Å²) < 4.78 is 3.20. The first kappa shape index (κ1) is 19.9. The number of fused-ring (bicyclic) bond motifs is 2. The van der Waals surface area contributed by atoms with Crippen molar-refractivity contribution in [1.29, 1.82) is 0 Å². The lowest BCUT2D eigenvalue weighted by Crippen LogP contribution is -2.21. The molecule has 8 heteroatoms. The summed E-state index contributed by atoms with van der Waals surface area (Å²) in [5.41, 5.74) is 4.26. The van der Waals surface area contributed by atoms with Crippen molar-refractivity contribution in [2.75, 3.05) is 19.4 Å². The summed E-state index contributed by atoms with van der Waals surface area (Å²) in [6, 6.07) is 8.77. The number of hydrogen-bond donors (Lipinski definition) is 1. The fourth-order valence-corrected chi connectivity index (χ4v) is 5.19. The third-order valence-electron chi connectivity index (χ3n) is 5.85. The van der Waals surface area contributed by atoms with E-state index in [2.05, 4.69) is 33.5 Å². The normalized spacial score (nSPS) is 14.9. The molecule has 0 atom stereocenters. The van der Waals surface area contributed by atoms with E-state index in [1.807, 2.05) is 4.57 Å². The SMILES string of the molecule is CN(C)C(=O)c1cnc2c(c1)ncn2Cc1ccc2nc(NC3CCCCC3)sc2c1. The van der Waals surface area contributed by atoms with Crippen molar-refractivity contribution in [3.05, 3.63) is 47.9 Å². The van der Waals surface area contributed by atoms with Crippen LogP contribution in [-0.2, 0) is 6.54 Å². The molecule has 1 saturated carbocycles. The average Bonchev–Trinajstić information content (AvgIpc) is 3.36. The highest BCUT2D eigenvalue weighted by molar-refractivity contribution is 7.22. The number of anilines is 1. The molecule has 1 aliphatic rings. The average molecular weight is 435 g/mol. The molecule has 0 spiro atoms. The zero-order valence-corrected chi connectivity index (χ0v) is 18.7. The predicted molar refractivity (Wildman–Crippen MR) is 125 cm³/mol. The van der Waals surface area contributed by atoms with Crippen molar-refractivity contribution in [2.45, 2.75) is 44.7 Å². The smallest absolute Gasteiger partial charge is 0.254 e. The Hall–Kier alpha value is -3.00. The fraction of sp³-hybridized carbons (Fsp3) is 0.391. The number of hydrogen-bond acceptors (Lipinski definition) is 6. The summed E-state index contributed by atoms with van der Waals surface area (Å²) in [5.74, 6) is -0.0720. The molecular formula is C23H26N6OS. The lowest BCUT2D eigenvalue weighted by atomic mass is 9.96. The van der Waals surface area contributed by atoms with Gasteiger partial charge in [-0.05, 0) is 36.6 Å². The number of thiazole rings is 1. The van der Waals surface area contributed by atoms with Gasteiger partial charge in [-0.3, -0.25) is 4.79 Å². The van der Waals surface area contributed by atoms with E-state index in [1.54, 1.807) is 48.9 Å². The van der Waals surface area contributed by atoms with Gasteiger partial charge in [-0.1, -0.05) is 36.7 Å². The third kappa shape index (κ3) is 4.12. The van der Waals surface area contributed by atoms with Crippen LogP contribution in [0.2, 0.25) is 0 Å². The lowest BCUT2D eigenvalue weighted by Gasteiger charge is -2.22. The molecule has 3 aromatic heterocycles. The van der Waals surface area contributed by atoms with Crippen LogP contribution in [0.5, 0.6) is 0 Å². The molecule has 0 saturated heterocycles. The van der Waals surface area contributed by atoms with E-state index >= 15 is 0 Å². The molecule has 1 N–H and O–H groups in total. The highest BCUT2D eigenvalue weighted by atomic mass is 32.1. The van der Waals surface area contributed by atoms with Crippen LogP contribution >= 0.6 is 11.3 Å². The standard InChI is InChI=1S/C23H26N6OS/c1-28(2)22(30)16-11-19-21(24-12-16)29(14-25-19)13-15-8-9-18-20(10-15)31-23(27-18)26-17-6-4-3-5-7-17/h8-12,14,17H,3-7,13H2,1-2H3,(H,26,27). The maximum Gasteiger partial charge on any atom is 0.254 e. The lowest BCUT2D eigenvalue weighted by molar-refractivity contribution is 0.0827. The zero-order valence-electron chi connectivity index (χ0n) is 17.8. The number of benzene rings is 1. The largest absolute Gasteiger partial charge is 0.359 e. The minimum absolute atomic E-state index is 0.0720. The summed E-state index contributed by atoms with van der Waals surface area (Å²) in [6.45, 7) is 0.670. The van der Waals surface area contributed by atoms with Gasteiger partial charge in [0.1, 0.15) is 5.52 Å². The molecule has 0 bridgehead atoms. The Morgan fingerprint density at radius 2 is 2.00 bits per heavy atom. The first-order valence-electron chi connectivity index (χ1n) is 10.8. The molecule has 1 amide bonds. The Kier molecular flexibility index (Phi) is 5.31. The Morgan fingerprint density at radius 3 is 2.81 bits per heavy atom. The van der Waals surface area contributed by atoms with Crippen molar-refractivity contribution in [1.82, 2.24) is 24.4 Å². The number of nitrogens with one attached hydrogen (secondary N) is 1. The molecule has 1 aromatic carbocycles. The van der Waals surface area contributed by atoms with E-state index in [4.69, 9.17) is 4.98 Å². The number of carbonyl (C=O) groups excluding carboxylic acids is 1. The van der Waals surface area contributed by atoms with E-state index in [0.717, 1.165) is 21.8 Å². The van der Waals surface area contributed by atoms with Crippen LogP contribution in [-0.4, -0.2) is 50.5 Å². The third-order valence-corrected chi connectivity index (χ3v) is 6.80. The van der Waals surface area contributed by atoms with Gasteiger partial charge in [0.25, 0.3) is 5.91 Å². The minimum atomic E-state index is -0.0720. The number of nitrogens with zero attached hydrogens (tertiary/aromatic N) is 5. The molecule has 31 heavy (non-hydrogen) atoms. The zero-order chi connectivity index (χ0) is 21.4. The molecule has 1 aliphatic carbocycles. The van der Waals surface area contributed by atoms with Gasteiger partial charge in [0.15, 0.2) is 10.8 Å². The van der Waals surface area contributed by atoms with Crippen LogP contribution in [0.15, 0.2) is 36.8 Å². The molecular weight excluding hydrogens is 408 g/mol. The van der Waals surface area contributed by atoms with Gasteiger partial charge >= 0.3 is 0 Å². The molecule has 0 unspecified atom stereocenters. The van der Waals surface area contributed by atoms with Crippen molar-refractivity contribution in [3.63, 3.8) is 0 Å². The van der Waals surface area contributed by atoms with Gasteiger partial charge < -0.3 is 14.8 Å². The van der Waals surface area contributed by atoms with Gasteiger partial charge in [-0.25, -0.2) is 15.0 Å². The molecule has 4 aromatic rings. The summed E-state index contributed by atoms with van der Waals surface area (Å²) in [7, 11) is 3.47. The van der Waals surface area contributed by atoms with Crippen molar-refractivity contribution in [3.8, 4) is 0 Å². The van der Waals surface area contributed by atoms with Gasteiger partial charge in [-0.15, -0.1) is 0 Å². The van der Waals surface area contributed by atoms with Gasteiger partial charge in [-0.2, -0.15) is 0 Å². The van der Waals surface area contributed by atoms with Gasteiger partial charge in [0.05, 0.1) is 28.7 Å². The number of imidazole rings is 1. The van der Waals surface area contributed by atoms with Crippen LogP contribution < -0.4 is 5.32 Å². The summed E-state index contributed by atoms with van der Waals surface area (Å²) in [5, 5.41) is 4.65. The summed E-state index contributed by atoms with van der Waals surface area (Å²) in [6.07, 6.45) is 9.86. The highest BCUT2D eigenvalue weighted by Crippen LogP contribution is 2.30. The molecule has 160 valence electrons. The van der Waals surface area contributed by atoms with E-state index in [1.165, 1.54) is 42.4 Å². The molecule has 0 radical (unpaired) electrons. The molecule has 3 heterocycles.